The highest BCUT2D eigenvalue weighted by atomic mass is 16.4. The number of urea groups is 2. The molecule has 8 nitrogen and oxygen atoms in total. The summed E-state index contributed by atoms with van der Waals surface area (Å²) in [6.45, 7) is 5.28. The molecule has 0 bridgehead atoms. The van der Waals surface area contributed by atoms with E-state index in [2.05, 4.69) is 10.6 Å². The van der Waals surface area contributed by atoms with Gasteiger partial charge in [-0.05, 0) is 44.4 Å². The number of aliphatic carboxylic acids is 1. The second-order valence-corrected chi connectivity index (χ2v) is 7.05. The second-order valence-electron chi connectivity index (χ2n) is 7.05. The number of carboxylic acid groups (broad SMARTS) is 1. The Morgan fingerprint density at radius 1 is 1.23 bits per heavy atom. The number of nitrogens with zero attached hydrogens (tertiary/aromatic N) is 2. The largest absolute Gasteiger partial charge is 0.481 e. The van der Waals surface area contributed by atoms with E-state index in [-0.39, 0.29) is 18.6 Å². The Morgan fingerprint density at radius 3 is 2.65 bits per heavy atom. The fraction of sp³-hybridized carbons (Fsp3) is 0.500. The molecule has 4 amide bonds. The van der Waals surface area contributed by atoms with Crippen LogP contribution in [-0.2, 0) is 11.2 Å². The van der Waals surface area contributed by atoms with Gasteiger partial charge in [0, 0.05) is 31.9 Å². The predicted molar refractivity (Wildman–Crippen MR) is 97.5 cm³/mol. The van der Waals surface area contributed by atoms with Crippen molar-refractivity contribution in [2.24, 2.45) is 5.41 Å². The van der Waals surface area contributed by atoms with Crippen molar-refractivity contribution in [1.29, 1.82) is 0 Å². The number of fused-ring (bicyclic) bond motifs is 1. The molecule has 1 fully saturated rings. The SMILES string of the molecule is CCNC(=O)N1CCc2ccc(NC(=O)N3CCC(C)(C(=O)O)C3)cc21. The number of hydrogen-bond donors (Lipinski definition) is 3. The Kier molecular flexibility index (Phi) is 4.76. The van der Waals surface area contributed by atoms with Crippen LogP contribution in [0.4, 0.5) is 21.0 Å². The van der Waals surface area contributed by atoms with Gasteiger partial charge in [-0.3, -0.25) is 9.69 Å². The summed E-state index contributed by atoms with van der Waals surface area (Å²) in [7, 11) is 0. The highest BCUT2D eigenvalue weighted by molar-refractivity contribution is 5.96. The highest BCUT2D eigenvalue weighted by Crippen LogP contribution is 2.33. The number of hydrogen-bond acceptors (Lipinski definition) is 3. The first-order valence-corrected chi connectivity index (χ1v) is 8.81. The van der Waals surface area contributed by atoms with Crippen molar-refractivity contribution in [3.63, 3.8) is 0 Å². The standard InChI is InChI=1S/C18H24N4O4/c1-3-19-16(25)22-8-6-12-4-5-13(10-14(12)22)20-17(26)21-9-7-18(2,11-21)15(23)24/h4-5,10H,3,6-9,11H2,1-2H3,(H,19,25)(H,20,26)(H,23,24). The highest BCUT2D eigenvalue weighted by Gasteiger charge is 2.42. The van der Waals surface area contributed by atoms with Crippen LogP contribution in [0.2, 0.25) is 0 Å². The van der Waals surface area contributed by atoms with Gasteiger partial charge in [0.15, 0.2) is 0 Å². The summed E-state index contributed by atoms with van der Waals surface area (Å²) < 4.78 is 0. The average molecular weight is 360 g/mol. The van der Waals surface area contributed by atoms with Crippen LogP contribution in [0.3, 0.4) is 0 Å². The lowest BCUT2D eigenvalue weighted by molar-refractivity contribution is -0.146. The van der Waals surface area contributed by atoms with Crippen molar-refractivity contribution in [1.82, 2.24) is 10.2 Å². The smallest absolute Gasteiger partial charge is 0.321 e. The van der Waals surface area contributed by atoms with E-state index in [1.54, 1.807) is 17.9 Å². The molecule has 26 heavy (non-hydrogen) atoms. The molecule has 0 radical (unpaired) electrons. The van der Waals surface area contributed by atoms with E-state index in [1.807, 2.05) is 19.1 Å². The zero-order valence-electron chi connectivity index (χ0n) is 15.0. The topological polar surface area (TPSA) is 102 Å². The minimum absolute atomic E-state index is 0.147. The average Bonchev–Trinajstić information content (AvgIpc) is 3.19. The number of carbonyl (C=O) groups excluding carboxylic acids is 2. The first-order chi connectivity index (χ1) is 12.3. The summed E-state index contributed by atoms with van der Waals surface area (Å²) >= 11 is 0. The van der Waals surface area contributed by atoms with Crippen molar-refractivity contribution in [2.75, 3.05) is 36.4 Å². The van der Waals surface area contributed by atoms with E-state index in [4.69, 9.17) is 0 Å². The summed E-state index contributed by atoms with van der Waals surface area (Å²) in [5, 5.41) is 14.9. The molecule has 0 spiro atoms. The maximum Gasteiger partial charge on any atom is 0.321 e. The summed E-state index contributed by atoms with van der Waals surface area (Å²) in [6.07, 6.45) is 1.22. The van der Waals surface area contributed by atoms with E-state index in [0.717, 1.165) is 17.7 Å². The van der Waals surface area contributed by atoms with Crippen molar-refractivity contribution in [3.8, 4) is 0 Å². The molecule has 1 unspecified atom stereocenters. The zero-order chi connectivity index (χ0) is 18.9. The van der Waals surface area contributed by atoms with Crippen LogP contribution < -0.4 is 15.5 Å². The lowest BCUT2D eigenvalue weighted by Gasteiger charge is -2.21. The predicted octanol–water partition coefficient (Wildman–Crippen LogP) is 2.11. The fourth-order valence-electron chi connectivity index (χ4n) is 3.43. The third kappa shape index (κ3) is 3.31. The molecule has 0 saturated carbocycles. The molecule has 2 heterocycles. The molecule has 1 aromatic carbocycles. The van der Waals surface area contributed by atoms with Crippen molar-refractivity contribution < 1.29 is 19.5 Å². The Morgan fingerprint density at radius 2 is 2.00 bits per heavy atom. The van der Waals surface area contributed by atoms with Crippen LogP contribution in [0.5, 0.6) is 0 Å². The van der Waals surface area contributed by atoms with Crippen LogP contribution >= 0.6 is 0 Å². The fourth-order valence-corrected chi connectivity index (χ4v) is 3.43. The van der Waals surface area contributed by atoms with E-state index in [9.17, 15) is 19.5 Å². The van der Waals surface area contributed by atoms with Gasteiger partial charge in [-0.1, -0.05) is 6.07 Å². The molecule has 3 N–H and O–H groups in total. The molecular weight excluding hydrogens is 336 g/mol. The van der Waals surface area contributed by atoms with Gasteiger partial charge < -0.3 is 20.6 Å². The third-order valence-corrected chi connectivity index (χ3v) is 5.08. The molecule has 1 aromatic rings. The Balaban J connectivity index is 1.70. The molecule has 0 aromatic heterocycles. The number of benzene rings is 1. The molecule has 8 heteroatoms. The second kappa shape index (κ2) is 6.86. The van der Waals surface area contributed by atoms with E-state index in [1.165, 1.54) is 4.90 Å². The van der Waals surface area contributed by atoms with Crippen molar-refractivity contribution in [3.05, 3.63) is 23.8 Å². The summed E-state index contributed by atoms with van der Waals surface area (Å²) in [6, 6.07) is 5.05. The monoisotopic (exact) mass is 360 g/mol. The Bertz CT molecular complexity index is 751. The molecule has 2 aliphatic rings. The summed E-state index contributed by atoms with van der Waals surface area (Å²) in [5.74, 6) is -0.886. The first-order valence-electron chi connectivity index (χ1n) is 8.81. The Labute approximate surface area is 152 Å². The van der Waals surface area contributed by atoms with Gasteiger partial charge in [0.2, 0.25) is 0 Å². The van der Waals surface area contributed by atoms with Gasteiger partial charge in [0.05, 0.1) is 11.1 Å². The maximum atomic E-state index is 12.5. The maximum absolute atomic E-state index is 12.5. The quantitative estimate of drug-likeness (QED) is 0.768. The molecule has 1 saturated heterocycles. The number of nitrogens with one attached hydrogen (secondary N) is 2. The van der Waals surface area contributed by atoms with Crippen LogP contribution in [-0.4, -0.2) is 54.2 Å². The van der Waals surface area contributed by atoms with Crippen LogP contribution in [0.15, 0.2) is 18.2 Å². The number of likely N-dealkylation sites (tertiary alicyclic amines) is 1. The number of carbonyl (C=O) groups is 3. The molecule has 140 valence electrons. The zero-order valence-corrected chi connectivity index (χ0v) is 15.0. The van der Waals surface area contributed by atoms with Crippen molar-refractivity contribution in [2.45, 2.75) is 26.7 Å². The van der Waals surface area contributed by atoms with E-state index < -0.39 is 11.4 Å². The van der Waals surface area contributed by atoms with Gasteiger partial charge in [-0.15, -0.1) is 0 Å². The van der Waals surface area contributed by atoms with Crippen LogP contribution in [0.25, 0.3) is 0 Å². The van der Waals surface area contributed by atoms with Gasteiger partial charge in [0.25, 0.3) is 0 Å². The molecule has 2 aliphatic heterocycles. The minimum atomic E-state index is -0.898. The van der Waals surface area contributed by atoms with E-state index in [0.29, 0.717) is 31.7 Å². The Hall–Kier alpha value is -2.77. The molecule has 0 aliphatic carbocycles. The van der Waals surface area contributed by atoms with Crippen LogP contribution in [0, 0.1) is 5.41 Å². The summed E-state index contributed by atoms with van der Waals surface area (Å²) in [4.78, 5) is 39.1. The van der Waals surface area contributed by atoms with Crippen molar-refractivity contribution >= 4 is 29.4 Å². The number of amides is 4. The molecular formula is C18H24N4O4. The number of carboxylic acids is 1. The van der Waals surface area contributed by atoms with E-state index >= 15 is 0 Å². The normalized spacial score (nSPS) is 21.5. The third-order valence-electron chi connectivity index (χ3n) is 5.08. The number of anilines is 2. The molecule has 1 atom stereocenters. The van der Waals surface area contributed by atoms with Gasteiger partial charge in [0.1, 0.15) is 0 Å². The minimum Gasteiger partial charge on any atom is -0.481 e. The first kappa shape index (κ1) is 18.0. The van der Waals surface area contributed by atoms with Gasteiger partial charge in [-0.2, -0.15) is 0 Å². The van der Waals surface area contributed by atoms with Gasteiger partial charge in [-0.25, -0.2) is 9.59 Å². The summed E-state index contributed by atoms with van der Waals surface area (Å²) in [5.41, 5.74) is 1.55. The van der Waals surface area contributed by atoms with Gasteiger partial charge >= 0.3 is 18.0 Å². The van der Waals surface area contributed by atoms with Crippen LogP contribution in [0.1, 0.15) is 25.8 Å². The molecule has 3 rings (SSSR count). The number of rotatable bonds is 3. The lowest BCUT2D eigenvalue weighted by atomic mass is 9.90. The lowest BCUT2D eigenvalue weighted by Crippen LogP contribution is -2.39.